The molecule has 0 saturated carbocycles. The SMILES string of the molecule is C[C@@H](c1ccc(Br)cc1)N1CC[C@](CC(=O)CO)(c2ccc(F)cc2)OC1=O.C[C@@H](c1ccc(Br)cc1)N1CC[C@](CC(=O)O)(c2ccc(F)cc2)OC1=O.C[C@@H](c1ccc(Br)cc1)N1CC[C@](CC(N)=O)(c2ccc(F)cc2)OC1=O.C[C@@H](c1ccc(Br)cc1)N1CC[C@](CC(O)CO)(c2ccc(F)cc2)OC1=O.S.S.S.S.S.S.S.S. The van der Waals surface area contributed by atoms with Gasteiger partial charge >= 0.3 is 30.3 Å². The topological polar surface area (TPSA) is 276 Å². The number of halogens is 8. The fourth-order valence-electron chi connectivity index (χ4n) is 13.9. The van der Waals surface area contributed by atoms with Crippen molar-refractivity contribution in [2.75, 3.05) is 39.4 Å². The summed E-state index contributed by atoms with van der Waals surface area (Å²) in [5.41, 5.74) is 6.65. The van der Waals surface area contributed by atoms with E-state index in [1.54, 1.807) is 31.7 Å². The quantitative estimate of drug-likeness (QED) is 0.0312. The van der Waals surface area contributed by atoms with Crippen LogP contribution in [-0.4, -0.2) is 128 Å². The van der Waals surface area contributed by atoms with Crippen molar-refractivity contribution in [2.24, 2.45) is 5.73 Å². The largest absolute Gasteiger partial charge is 0.481 e. The summed E-state index contributed by atoms with van der Waals surface area (Å²) in [5.74, 6) is -3.75. The molecule has 0 bridgehead atoms. The number of carboxylic acids is 1. The van der Waals surface area contributed by atoms with Crippen molar-refractivity contribution in [2.45, 2.75) is 132 Å². The lowest BCUT2D eigenvalue weighted by atomic mass is 9.83. The highest BCUT2D eigenvalue weighted by molar-refractivity contribution is 9.11. The summed E-state index contributed by atoms with van der Waals surface area (Å²) < 4.78 is 80.1. The first-order valence-corrected chi connectivity index (χ1v) is 38.4. The minimum atomic E-state index is -1.30. The summed E-state index contributed by atoms with van der Waals surface area (Å²) in [6.45, 7) is 8.07. The van der Waals surface area contributed by atoms with E-state index in [0.29, 0.717) is 74.1 Å². The Bertz CT molecular complexity index is 4390. The maximum Gasteiger partial charge on any atom is 0.411 e. The van der Waals surface area contributed by atoms with Crippen molar-refractivity contribution in [1.82, 2.24) is 19.6 Å². The Hall–Kier alpha value is -6.23. The zero-order valence-electron chi connectivity index (χ0n) is 64.4. The van der Waals surface area contributed by atoms with Crippen LogP contribution in [0.3, 0.4) is 0 Å². The van der Waals surface area contributed by atoms with E-state index in [1.807, 2.05) is 125 Å². The molecule has 4 fully saturated rings. The van der Waals surface area contributed by atoms with Gasteiger partial charge in [0, 0.05) is 76.2 Å². The van der Waals surface area contributed by atoms with Gasteiger partial charge in [-0.3, -0.25) is 14.4 Å². The van der Waals surface area contributed by atoms with E-state index in [0.717, 1.165) is 40.1 Å². The van der Waals surface area contributed by atoms with Crippen molar-refractivity contribution < 1.29 is 90.5 Å². The summed E-state index contributed by atoms with van der Waals surface area (Å²) >= 11 is 13.6. The molecule has 1 unspecified atom stereocenters. The zero-order valence-corrected chi connectivity index (χ0v) is 78.8. The predicted molar refractivity (Wildman–Crippen MR) is 497 cm³/mol. The van der Waals surface area contributed by atoms with E-state index < -0.39 is 107 Å². The number of hydrogen-bond acceptors (Lipinski definition) is 14. The summed E-state index contributed by atoms with van der Waals surface area (Å²) in [7, 11) is 0. The molecule has 12 rings (SSSR count). The lowest BCUT2D eigenvalue weighted by molar-refractivity contribution is -0.146. The molecule has 8 aromatic carbocycles. The number of benzene rings is 8. The van der Waals surface area contributed by atoms with Gasteiger partial charge in [-0.2, -0.15) is 108 Å². The molecule has 6 N–H and O–H groups in total. The molecule has 0 aliphatic carbocycles. The molecule has 0 radical (unpaired) electrons. The Kier molecular flexibility index (Phi) is 46.3. The van der Waals surface area contributed by atoms with Crippen LogP contribution in [0.4, 0.5) is 36.7 Å². The van der Waals surface area contributed by atoms with Crippen molar-refractivity contribution in [1.29, 1.82) is 0 Å². The van der Waals surface area contributed by atoms with Gasteiger partial charge < -0.3 is 64.7 Å². The third-order valence-electron chi connectivity index (χ3n) is 20.2. The number of primary amides is 1. The van der Waals surface area contributed by atoms with E-state index in [2.05, 4.69) is 63.7 Å². The Morgan fingerprint density at radius 3 is 0.822 bits per heavy atom. The van der Waals surface area contributed by atoms with Crippen LogP contribution in [0.5, 0.6) is 0 Å². The first-order chi connectivity index (χ1) is 52.3. The number of ketones is 1. The molecule has 5 amide bonds. The van der Waals surface area contributed by atoms with Gasteiger partial charge in [-0.1, -0.05) is 161 Å². The number of rotatable bonds is 22. The molecule has 4 heterocycles. The second-order valence-electron chi connectivity index (χ2n) is 27.3. The predicted octanol–water partition coefficient (Wildman–Crippen LogP) is 18.5. The molecule has 36 heteroatoms. The second-order valence-corrected chi connectivity index (χ2v) is 31.0. The number of hydrogen-bond donors (Lipinski definition) is 5. The maximum atomic E-state index is 13.4. The molecule has 0 aromatic heterocycles. The summed E-state index contributed by atoms with van der Waals surface area (Å²) in [6, 6.07) is 52.2. The highest BCUT2D eigenvalue weighted by Gasteiger charge is 2.49. The Morgan fingerprint density at radius 2 is 0.602 bits per heavy atom. The van der Waals surface area contributed by atoms with Crippen molar-refractivity contribution >= 4 is 214 Å². The van der Waals surface area contributed by atoms with Crippen LogP contribution in [0.15, 0.2) is 212 Å². The minimum absolute atomic E-state index is 0. The first kappa shape index (κ1) is 110. The average Bonchev–Trinajstić information content (AvgIpc) is 0.787. The minimum Gasteiger partial charge on any atom is -0.481 e. The van der Waals surface area contributed by atoms with Gasteiger partial charge in [-0.05, 0) is 169 Å². The standard InChI is InChI=1S/C21H23BrFNO4.C21H21BrFNO4.C20H20BrFN2O3.C20H19BrFNO4.8H2S/c2*1-14(15-2-6-17(22)7-3-15)24-11-10-21(28-20(24)27,12-19(26)13-25)16-4-8-18(23)9-5-16;1-13(14-2-6-16(21)7-3-14)24-11-10-20(12-18(23)25,27-19(24)26)15-4-8-17(22)9-5-15;1-13(14-2-6-16(21)7-3-14)23-11-10-20(12-18(24)25,27-19(23)26)15-4-8-17(22)9-5-15;;;;;;;;/h2-9,14,19,25-26H,10-13H2,1H3;2-9,14,25H,10-13H2,1H3;2-9,13H,10-12H2,1H3,(H2,23,25);2-9,13H,10-12H2,1H3,(H,24,25);8*1H2/t14-,19?,21-;14-,21-;2*13-,20-;;;;;;;;/m0000......../s1. The second kappa shape index (κ2) is 49.8. The summed E-state index contributed by atoms with van der Waals surface area (Å²) in [5, 5.41) is 37.8. The number of aliphatic hydroxyl groups excluding tert-OH is 3. The first-order valence-electron chi connectivity index (χ1n) is 35.3. The smallest absolute Gasteiger partial charge is 0.411 e. The number of carboxylic acid groups (broad SMARTS) is 1. The molecule has 9 atom stereocenters. The van der Waals surface area contributed by atoms with E-state index >= 15 is 0 Å². The number of nitrogens with zero attached hydrogens (tertiary/aromatic N) is 4. The summed E-state index contributed by atoms with van der Waals surface area (Å²) in [4.78, 5) is 92.7. The van der Waals surface area contributed by atoms with Gasteiger partial charge in [-0.25, -0.2) is 36.7 Å². The van der Waals surface area contributed by atoms with Crippen molar-refractivity contribution in [3.05, 3.63) is 280 Å². The highest BCUT2D eigenvalue weighted by atomic mass is 79.9. The van der Waals surface area contributed by atoms with E-state index in [1.165, 1.54) is 84.9 Å². The van der Waals surface area contributed by atoms with E-state index in [-0.39, 0.29) is 158 Å². The van der Waals surface area contributed by atoms with Crippen LogP contribution in [0, 0.1) is 23.3 Å². The molecule has 4 aliphatic heterocycles. The number of aliphatic carboxylic acids is 1. The van der Waals surface area contributed by atoms with E-state index in [4.69, 9.17) is 24.7 Å². The molecule has 4 saturated heterocycles. The highest BCUT2D eigenvalue weighted by Crippen LogP contribution is 2.45. The number of nitrogens with two attached hydrogens (primary N) is 1. The number of carbonyl (C=O) groups excluding carboxylic acids is 6. The summed E-state index contributed by atoms with van der Waals surface area (Å²) in [6.07, 6.45) is -2.37. The molecule has 8 aromatic rings. The molecular weight excluding hydrogens is 1950 g/mol. The van der Waals surface area contributed by atoms with Gasteiger partial charge in [0.05, 0.1) is 56.1 Å². The number of aliphatic hydroxyl groups is 3. The van der Waals surface area contributed by atoms with Gasteiger partial charge in [-0.15, -0.1) is 0 Å². The van der Waals surface area contributed by atoms with Crippen LogP contribution in [-0.2, 0) is 55.7 Å². The van der Waals surface area contributed by atoms with Crippen molar-refractivity contribution in [3.63, 3.8) is 0 Å². The van der Waals surface area contributed by atoms with Gasteiger partial charge in [0.1, 0.15) is 46.7 Å². The third-order valence-corrected chi connectivity index (χ3v) is 22.3. The van der Waals surface area contributed by atoms with Gasteiger partial charge in [0.25, 0.3) is 0 Å². The molecule has 0 spiro atoms. The number of carbonyl (C=O) groups is 7. The molecule has 646 valence electrons. The lowest BCUT2D eigenvalue weighted by Gasteiger charge is -2.44. The number of Topliss-reactive ketones (excluding diaryl/α,β-unsaturated/α-hetero) is 1. The van der Waals surface area contributed by atoms with Crippen LogP contribution in [0.1, 0.15) is 148 Å². The fourth-order valence-corrected chi connectivity index (χ4v) is 14.9. The van der Waals surface area contributed by atoms with Crippen LogP contribution >= 0.6 is 172 Å². The molecule has 118 heavy (non-hydrogen) atoms. The molecule has 4 aliphatic rings. The van der Waals surface area contributed by atoms with Gasteiger partial charge in [0.2, 0.25) is 5.91 Å². The average molecular weight is 2050 g/mol. The number of amides is 5. The third kappa shape index (κ3) is 28.4. The fraction of sp³-hybridized carbons (Fsp3) is 0.329. The number of ether oxygens (including phenoxy) is 4. The Balaban J connectivity index is 0.000000769. The molecule has 20 nitrogen and oxygen atoms in total. The van der Waals surface area contributed by atoms with Crippen LogP contribution < -0.4 is 5.73 Å². The normalized spacial score (nSPS) is 19.6. The maximum absolute atomic E-state index is 13.4. The van der Waals surface area contributed by atoms with Crippen molar-refractivity contribution in [3.8, 4) is 0 Å². The zero-order chi connectivity index (χ0) is 79.8. The van der Waals surface area contributed by atoms with Crippen LogP contribution in [0.2, 0.25) is 0 Å². The number of cyclic esters (lactones) is 4. The Morgan fingerprint density at radius 1 is 0.381 bits per heavy atom. The molecular formula is C82H99Br4F4N5O15S8. The van der Waals surface area contributed by atoms with Gasteiger partial charge in [0.15, 0.2) is 11.4 Å². The Labute approximate surface area is 773 Å². The van der Waals surface area contributed by atoms with Crippen LogP contribution in [0.25, 0.3) is 0 Å². The lowest BCUT2D eigenvalue weighted by Crippen LogP contribution is -2.50. The monoisotopic (exact) mass is 2040 g/mol. The van der Waals surface area contributed by atoms with E-state index in [9.17, 15) is 71.5 Å².